The van der Waals surface area contributed by atoms with Crippen LogP contribution in [0.2, 0.25) is 0 Å². The normalized spacial score (nSPS) is 10.7. The Hall–Kier alpha value is -2.42. The van der Waals surface area contributed by atoms with Gasteiger partial charge in [-0.15, -0.1) is 0 Å². The highest BCUT2D eigenvalue weighted by Crippen LogP contribution is 2.27. The number of H-pyrrole nitrogens is 1. The Morgan fingerprint density at radius 1 is 1.11 bits per heavy atom. The average molecular weight is 236 g/mol. The molecular formula is C15H12N2O. The molecule has 1 aromatic carbocycles. The van der Waals surface area contributed by atoms with Crippen molar-refractivity contribution >= 4 is 10.8 Å². The lowest BCUT2D eigenvalue weighted by atomic mass is 9.99. The highest BCUT2D eigenvalue weighted by Gasteiger charge is 2.08. The van der Waals surface area contributed by atoms with Crippen LogP contribution >= 0.6 is 0 Å². The Bertz CT molecular complexity index is 760. The van der Waals surface area contributed by atoms with Gasteiger partial charge in [0.2, 0.25) is 0 Å². The molecule has 3 aromatic rings. The maximum absolute atomic E-state index is 11.8. The van der Waals surface area contributed by atoms with Crippen molar-refractivity contribution in [1.82, 2.24) is 9.97 Å². The fraction of sp³-hybridized carbons (Fsp3) is 0.0667. The van der Waals surface area contributed by atoms with Gasteiger partial charge in [-0.1, -0.05) is 30.3 Å². The predicted octanol–water partition coefficient (Wildman–Crippen LogP) is 2.90. The van der Waals surface area contributed by atoms with Gasteiger partial charge < -0.3 is 4.98 Å². The zero-order chi connectivity index (χ0) is 12.5. The quantitative estimate of drug-likeness (QED) is 0.706. The zero-order valence-corrected chi connectivity index (χ0v) is 9.97. The number of benzene rings is 1. The Morgan fingerprint density at radius 3 is 2.67 bits per heavy atom. The van der Waals surface area contributed by atoms with E-state index in [2.05, 4.69) is 9.97 Å². The van der Waals surface area contributed by atoms with Gasteiger partial charge >= 0.3 is 0 Å². The van der Waals surface area contributed by atoms with E-state index >= 15 is 0 Å². The number of pyridine rings is 2. The third kappa shape index (κ3) is 1.61. The van der Waals surface area contributed by atoms with Gasteiger partial charge in [-0.2, -0.15) is 0 Å². The van der Waals surface area contributed by atoms with E-state index in [0.29, 0.717) is 5.39 Å². The fourth-order valence-electron chi connectivity index (χ4n) is 2.23. The van der Waals surface area contributed by atoms with E-state index < -0.39 is 0 Å². The van der Waals surface area contributed by atoms with Gasteiger partial charge in [0.25, 0.3) is 5.56 Å². The molecule has 0 unspecified atom stereocenters. The van der Waals surface area contributed by atoms with Gasteiger partial charge in [0, 0.05) is 29.5 Å². The van der Waals surface area contributed by atoms with Crippen molar-refractivity contribution in [3.05, 3.63) is 64.8 Å². The molecule has 0 saturated carbocycles. The summed E-state index contributed by atoms with van der Waals surface area (Å²) in [5.41, 5.74) is 3.04. The first-order chi connectivity index (χ1) is 8.77. The molecule has 0 radical (unpaired) electrons. The summed E-state index contributed by atoms with van der Waals surface area (Å²) in [6.07, 6.45) is 5.18. The third-order valence-corrected chi connectivity index (χ3v) is 3.08. The van der Waals surface area contributed by atoms with E-state index in [1.165, 1.54) is 0 Å². The number of fused-ring (bicyclic) bond motifs is 1. The van der Waals surface area contributed by atoms with Crippen molar-refractivity contribution < 1.29 is 0 Å². The summed E-state index contributed by atoms with van der Waals surface area (Å²) in [6, 6.07) is 10.0. The lowest BCUT2D eigenvalue weighted by molar-refractivity contribution is 1.24. The highest BCUT2D eigenvalue weighted by atomic mass is 16.1. The molecule has 0 aliphatic rings. The van der Waals surface area contributed by atoms with Gasteiger partial charge in [0.05, 0.1) is 5.39 Å². The summed E-state index contributed by atoms with van der Waals surface area (Å²) in [5.74, 6) is 0. The predicted molar refractivity (Wildman–Crippen MR) is 72.5 cm³/mol. The summed E-state index contributed by atoms with van der Waals surface area (Å²) in [5, 5.41) is 1.61. The van der Waals surface area contributed by atoms with E-state index in [1.807, 2.05) is 37.3 Å². The summed E-state index contributed by atoms with van der Waals surface area (Å²) in [6.45, 7) is 1.97. The zero-order valence-electron chi connectivity index (χ0n) is 9.97. The van der Waals surface area contributed by atoms with Crippen LogP contribution < -0.4 is 5.56 Å². The van der Waals surface area contributed by atoms with E-state index in [0.717, 1.165) is 22.1 Å². The van der Waals surface area contributed by atoms with Crippen molar-refractivity contribution in [1.29, 1.82) is 0 Å². The van der Waals surface area contributed by atoms with Gasteiger partial charge in [0.15, 0.2) is 0 Å². The smallest absolute Gasteiger partial charge is 0.257 e. The molecule has 0 amide bonds. The molecule has 3 heteroatoms. The number of aromatic nitrogens is 2. The largest absolute Gasteiger partial charge is 0.328 e. The summed E-state index contributed by atoms with van der Waals surface area (Å²) in [4.78, 5) is 18.7. The first-order valence-electron chi connectivity index (χ1n) is 5.79. The number of rotatable bonds is 1. The molecule has 0 aliphatic carbocycles. The van der Waals surface area contributed by atoms with E-state index in [4.69, 9.17) is 0 Å². The van der Waals surface area contributed by atoms with Crippen LogP contribution in [0.4, 0.5) is 0 Å². The van der Waals surface area contributed by atoms with Crippen LogP contribution in [0.25, 0.3) is 21.9 Å². The number of nitrogens with zero attached hydrogens (tertiary/aromatic N) is 1. The van der Waals surface area contributed by atoms with Crippen LogP contribution in [0.15, 0.2) is 53.7 Å². The Kier molecular flexibility index (Phi) is 2.45. The summed E-state index contributed by atoms with van der Waals surface area (Å²) in [7, 11) is 0. The third-order valence-electron chi connectivity index (χ3n) is 3.08. The topological polar surface area (TPSA) is 45.8 Å². The molecule has 2 aromatic heterocycles. The van der Waals surface area contributed by atoms with Gasteiger partial charge in [-0.25, -0.2) is 0 Å². The number of hydrogen-bond acceptors (Lipinski definition) is 2. The van der Waals surface area contributed by atoms with Crippen molar-refractivity contribution in [2.24, 2.45) is 0 Å². The second kappa shape index (κ2) is 4.11. The molecule has 1 N–H and O–H groups in total. The van der Waals surface area contributed by atoms with E-state index in [-0.39, 0.29) is 5.56 Å². The van der Waals surface area contributed by atoms with Crippen LogP contribution in [0.5, 0.6) is 0 Å². The molecule has 18 heavy (non-hydrogen) atoms. The highest BCUT2D eigenvalue weighted by molar-refractivity contribution is 5.97. The minimum absolute atomic E-state index is 0.0964. The maximum Gasteiger partial charge on any atom is 0.257 e. The molecule has 2 heterocycles. The van der Waals surface area contributed by atoms with Crippen molar-refractivity contribution in [2.45, 2.75) is 6.92 Å². The Labute approximate surface area is 104 Å². The molecule has 3 rings (SSSR count). The number of aryl methyl sites for hydroxylation is 1. The SMILES string of the molecule is Cc1cncc2c(=O)[nH]cc(-c3ccccc3)c12. The summed E-state index contributed by atoms with van der Waals surface area (Å²) >= 11 is 0. The minimum Gasteiger partial charge on any atom is -0.328 e. The molecule has 0 fully saturated rings. The van der Waals surface area contributed by atoms with Gasteiger partial charge in [-0.3, -0.25) is 9.78 Å². The second-order valence-electron chi connectivity index (χ2n) is 4.28. The molecule has 88 valence electrons. The molecule has 0 saturated heterocycles. The van der Waals surface area contributed by atoms with E-state index in [1.54, 1.807) is 18.6 Å². The Morgan fingerprint density at radius 2 is 1.89 bits per heavy atom. The average Bonchev–Trinajstić information content (AvgIpc) is 2.41. The standard InChI is InChI=1S/C15H12N2O/c1-10-7-16-8-13-14(10)12(9-17-15(13)18)11-5-3-2-4-6-11/h2-9H,1H3,(H,17,18). The Balaban J connectivity index is 2.45. The fourth-order valence-corrected chi connectivity index (χ4v) is 2.23. The van der Waals surface area contributed by atoms with Gasteiger partial charge in [-0.05, 0) is 18.1 Å². The number of hydrogen-bond donors (Lipinski definition) is 1. The van der Waals surface area contributed by atoms with Crippen molar-refractivity contribution in [3.8, 4) is 11.1 Å². The number of nitrogens with one attached hydrogen (secondary N) is 1. The van der Waals surface area contributed by atoms with Crippen molar-refractivity contribution in [3.63, 3.8) is 0 Å². The minimum atomic E-state index is -0.0964. The summed E-state index contributed by atoms with van der Waals surface area (Å²) < 4.78 is 0. The molecular weight excluding hydrogens is 224 g/mol. The van der Waals surface area contributed by atoms with Crippen molar-refractivity contribution in [2.75, 3.05) is 0 Å². The second-order valence-corrected chi connectivity index (χ2v) is 4.28. The van der Waals surface area contributed by atoms with Crippen LogP contribution in [-0.4, -0.2) is 9.97 Å². The first kappa shape index (κ1) is 10.7. The van der Waals surface area contributed by atoms with Crippen LogP contribution in [-0.2, 0) is 0 Å². The molecule has 0 aliphatic heterocycles. The molecule has 0 atom stereocenters. The van der Waals surface area contributed by atoms with E-state index in [9.17, 15) is 4.79 Å². The lowest BCUT2D eigenvalue weighted by Gasteiger charge is -2.08. The molecule has 3 nitrogen and oxygen atoms in total. The van der Waals surface area contributed by atoms with Crippen LogP contribution in [0, 0.1) is 6.92 Å². The monoisotopic (exact) mass is 236 g/mol. The van der Waals surface area contributed by atoms with Gasteiger partial charge in [0.1, 0.15) is 0 Å². The van der Waals surface area contributed by atoms with Crippen LogP contribution in [0.1, 0.15) is 5.56 Å². The first-order valence-corrected chi connectivity index (χ1v) is 5.79. The molecule has 0 spiro atoms. The molecule has 0 bridgehead atoms. The van der Waals surface area contributed by atoms with Crippen LogP contribution in [0.3, 0.4) is 0 Å². The maximum atomic E-state index is 11.8. The lowest BCUT2D eigenvalue weighted by Crippen LogP contribution is -2.07. The number of aromatic amines is 1.